The number of rotatable bonds is 2. The van der Waals surface area contributed by atoms with E-state index in [0.29, 0.717) is 23.7 Å². The maximum atomic E-state index is 5.64. The van der Waals surface area contributed by atoms with E-state index in [-0.39, 0.29) is 0 Å². The second kappa shape index (κ2) is 5.14. The van der Waals surface area contributed by atoms with E-state index in [0.717, 1.165) is 0 Å². The van der Waals surface area contributed by atoms with E-state index in [2.05, 4.69) is 22.2 Å². The standard InChI is InChI=1S/C12H20N4/c1-9-5-3-2-4-6-10(9)15-12-14-8-7-11(13)16-12/h7-10H,2-6H2,1H3,(H3,13,14,15,16). The maximum Gasteiger partial charge on any atom is 0.224 e. The minimum Gasteiger partial charge on any atom is -0.384 e. The SMILES string of the molecule is CC1CCCCCC1Nc1nccc(N)n1. The van der Waals surface area contributed by atoms with E-state index >= 15 is 0 Å². The van der Waals surface area contributed by atoms with Crippen LogP contribution in [0.25, 0.3) is 0 Å². The normalized spacial score (nSPS) is 26.1. The summed E-state index contributed by atoms with van der Waals surface area (Å²) in [6, 6.07) is 2.20. The van der Waals surface area contributed by atoms with Crippen molar-refractivity contribution in [2.75, 3.05) is 11.1 Å². The van der Waals surface area contributed by atoms with Crippen molar-refractivity contribution < 1.29 is 0 Å². The van der Waals surface area contributed by atoms with E-state index in [1.54, 1.807) is 12.3 Å². The predicted octanol–water partition coefficient (Wildman–Crippen LogP) is 2.44. The van der Waals surface area contributed by atoms with Gasteiger partial charge in [-0.05, 0) is 24.8 Å². The summed E-state index contributed by atoms with van der Waals surface area (Å²) >= 11 is 0. The molecule has 0 amide bonds. The Morgan fingerprint density at radius 1 is 1.31 bits per heavy atom. The molecule has 1 aromatic rings. The molecule has 2 unspecified atom stereocenters. The van der Waals surface area contributed by atoms with Gasteiger partial charge in [-0.1, -0.05) is 26.2 Å². The summed E-state index contributed by atoms with van der Waals surface area (Å²) in [6.07, 6.45) is 8.19. The van der Waals surface area contributed by atoms with Gasteiger partial charge in [0.15, 0.2) is 0 Å². The molecular weight excluding hydrogens is 200 g/mol. The molecule has 1 aliphatic rings. The van der Waals surface area contributed by atoms with Crippen LogP contribution in [-0.2, 0) is 0 Å². The van der Waals surface area contributed by atoms with Gasteiger partial charge >= 0.3 is 0 Å². The molecule has 3 N–H and O–H groups in total. The Labute approximate surface area is 96.7 Å². The lowest BCUT2D eigenvalue weighted by Gasteiger charge is -2.22. The van der Waals surface area contributed by atoms with E-state index in [9.17, 15) is 0 Å². The molecule has 0 bridgehead atoms. The van der Waals surface area contributed by atoms with Gasteiger partial charge in [0.1, 0.15) is 5.82 Å². The van der Waals surface area contributed by atoms with Crippen LogP contribution in [0.1, 0.15) is 39.0 Å². The van der Waals surface area contributed by atoms with Crippen molar-refractivity contribution in [1.29, 1.82) is 0 Å². The number of aromatic nitrogens is 2. The molecule has 4 nitrogen and oxygen atoms in total. The van der Waals surface area contributed by atoms with E-state index in [4.69, 9.17) is 5.73 Å². The van der Waals surface area contributed by atoms with Crippen LogP contribution >= 0.6 is 0 Å². The molecule has 0 radical (unpaired) electrons. The van der Waals surface area contributed by atoms with Crippen LogP contribution in [0.15, 0.2) is 12.3 Å². The first-order chi connectivity index (χ1) is 7.75. The van der Waals surface area contributed by atoms with Gasteiger partial charge in [0.05, 0.1) is 0 Å². The third-order valence-corrected chi connectivity index (χ3v) is 3.35. The molecule has 0 aliphatic heterocycles. The fourth-order valence-corrected chi connectivity index (χ4v) is 2.32. The maximum absolute atomic E-state index is 5.64. The van der Waals surface area contributed by atoms with Crippen molar-refractivity contribution in [3.05, 3.63) is 12.3 Å². The summed E-state index contributed by atoms with van der Waals surface area (Å²) in [4.78, 5) is 8.38. The van der Waals surface area contributed by atoms with Crippen molar-refractivity contribution in [3.63, 3.8) is 0 Å². The third-order valence-electron chi connectivity index (χ3n) is 3.35. The Hall–Kier alpha value is -1.32. The smallest absolute Gasteiger partial charge is 0.224 e. The zero-order chi connectivity index (χ0) is 11.4. The van der Waals surface area contributed by atoms with Gasteiger partial charge in [0, 0.05) is 12.2 Å². The zero-order valence-corrected chi connectivity index (χ0v) is 9.82. The number of anilines is 2. The molecule has 0 aromatic carbocycles. The highest BCUT2D eigenvalue weighted by Gasteiger charge is 2.20. The average molecular weight is 220 g/mol. The monoisotopic (exact) mass is 220 g/mol. The molecular formula is C12H20N4. The number of nitrogens with zero attached hydrogens (tertiary/aromatic N) is 2. The third kappa shape index (κ3) is 2.84. The Kier molecular flexibility index (Phi) is 3.59. The lowest BCUT2D eigenvalue weighted by molar-refractivity contribution is 0.454. The van der Waals surface area contributed by atoms with Crippen molar-refractivity contribution in [2.45, 2.75) is 45.1 Å². The molecule has 4 heteroatoms. The molecule has 2 atom stereocenters. The molecule has 1 aromatic heterocycles. The fourth-order valence-electron chi connectivity index (χ4n) is 2.32. The van der Waals surface area contributed by atoms with Gasteiger partial charge in [-0.15, -0.1) is 0 Å². The van der Waals surface area contributed by atoms with Crippen LogP contribution in [-0.4, -0.2) is 16.0 Å². The van der Waals surface area contributed by atoms with Crippen LogP contribution < -0.4 is 11.1 Å². The van der Waals surface area contributed by atoms with E-state index in [1.807, 2.05) is 0 Å². The lowest BCUT2D eigenvalue weighted by atomic mass is 9.97. The summed E-state index contributed by atoms with van der Waals surface area (Å²) in [6.45, 7) is 2.30. The van der Waals surface area contributed by atoms with Crippen molar-refractivity contribution in [2.24, 2.45) is 5.92 Å². The van der Waals surface area contributed by atoms with Crippen LogP contribution in [0, 0.1) is 5.92 Å². The highest BCUT2D eigenvalue weighted by atomic mass is 15.1. The van der Waals surface area contributed by atoms with Crippen LogP contribution in [0.2, 0.25) is 0 Å². The summed E-state index contributed by atoms with van der Waals surface area (Å²) in [5, 5.41) is 3.41. The van der Waals surface area contributed by atoms with Gasteiger partial charge in [-0.2, -0.15) is 4.98 Å². The van der Waals surface area contributed by atoms with E-state index in [1.165, 1.54) is 32.1 Å². The van der Waals surface area contributed by atoms with Crippen LogP contribution in [0.3, 0.4) is 0 Å². The zero-order valence-electron chi connectivity index (χ0n) is 9.82. The number of hydrogen-bond donors (Lipinski definition) is 2. The first-order valence-corrected chi connectivity index (χ1v) is 6.11. The Morgan fingerprint density at radius 2 is 2.12 bits per heavy atom. The van der Waals surface area contributed by atoms with Gasteiger partial charge in [-0.25, -0.2) is 4.98 Å². The van der Waals surface area contributed by atoms with Gasteiger partial charge < -0.3 is 11.1 Å². The number of nitrogen functional groups attached to an aromatic ring is 1. The minimum atomic E-state index is 0.490. The number of nitrogens with one attached hydrogen (secondary N) is 1. The van der Waals surface area contributed by atoms with Gasteiger partial charge in [0.25, 0.3) is 0 Å². The molecule has 1 saturated carbocycles. The molecule has 88 valence electrons. The summed E-state index contributed by atoms with van der Waals surface area (Å²) in [5.74, 6) is 1.88. The first-order valence-electron chi connectivity index (χ1n) is 6.11. The molecule has 0 spiro atoms. The Balaban J connectivity index is 2.02. The second-order valence-electron chi connectivity index (χ2n) is 4.67. The second-order valence-corrected chi connectivity index (χ2v) is 4.67. The summed E-state index contributed by atoms with van der Waals surface area (Å²) < 4.78 is 0. The summed E-state index contributed by atoms with van der Waals surface area (Å²) in [7, 11) is 0. The van der Waals surface area contributed by atoms with Crippen LogP contribution in [0.4, 0.5) is 11.8 Å². The largest absolute Gasteiger partial charge is 0.384 e. The van der Waals surface area contributed by atoms with Crippen molar-refractivity contribution in [1.82, 2.24) is 9.97 Å². The molecule has 1 heterocycles. The Bertz CT molecular complexity index is 340. The highest BCUT2D eigenvalue weighted by molar-refractivity contribution is 5.35. The molecule has 1 fully saturated rings. The number of hydrogen-bond acceptors (Lipinski definition) is 4. The molecule has 1 aliphatic carbocycles. The number of nitrogens with two attached hydrogens (primary N) is 1. The summed E-state index contributed by atoms with van der Waals surface area (Å²) in [5.41, 5.74) is 5.64. The Morgan fingerprint density at radius 3 is 2.94 bits per heavy atom. The van der Waals surface area contributed by atoms with Gasteiger partial charge in [0.2, 0.25) is 5.95 Å². The minimum absolute atomic E-state index is 0.490. The quantitative estimate of drug-likeness (QED) is 0.751. The van der Waals surface area contributed by atoms with Crippen molar-refractivity contribution >= 4 is 11.8 Å². The topological polar surface area (TPSA) is 63.8 Å². The first kappa shape index (κ1) is 11.2. The molecule has 2 rings (SSSR count). The molecule has 16 heavy (non-hydrogen) atoms. The van der Waals surface area contributed by atoms with E-state index < -0.39 is 0 Å². The average Bonchev–Trinajstić information content (AvgIpc) is 2.45. The predicted molar refractivity (Wildman–Crippen MR) is 66.1 cm³/mol. The highest BCUT2D eigenvalue weighted by Crippen LogP contribution is 2.24. The fraction of sp³-hybridized carbons (Fsp3) is 0.667. The molecule has 0 saturated heterocycles. The van der Waals surface area contributed by atoms with Crippen molar-refractivity contribution in [3.8, 4) is 0 Å². The lowest BCUT2D eigenvalue weighted by Crippen LogP contribution is -2.27. The van der Waals surface area contributed by atoms with Crippen LogP contribution in [0.5, 0.6) is 0 Å². The van der Waals surface area contributed by atoms with Gasteiger partial charge in [-0.3, -0.25) is 0 Å².